The molecule has 0 saturated heterocycles. The summed E-state index contributed by atoms with van der Waals surface area (Å²) < 4.78 is 7.45. The second kappa shape index (κ2) is 5.96. The smallest absolute Gasteiger partial charge is 0.201 e. The average molecular weight is 287 g/mol. The van der Waals surface area contributed by atoms with Crippen molar-refractivity contribution in [3.63, 3.8) is 0 Å². The van der Waals surface area contributed by atoms with Crippen molar-refractivity contribution in [2.75, 3.05) is 12.8 Å². The lowest BCUT2D eigenvalue weighted by molar-refractivity contribution is 0.262. The van der Waals surface area contributed by atoms with Gasteiger partial charge in [-0.2, -0.15) is 0 Å². The Hall–Kier alpha value is -1.71. The van der Waals surface area contributed by atoms with Crippen LogP contribution in [-0.4, -0.2) is 16.7 Å². The molecule has 1 fully saturated rings. The normalized spacial score (nSPS) is 22.6. The van der Waals surface area contributed by atoms with Crippen molar-refractivity contribution < 1.29 is 4.74 Å². The van der Waals surface area contributed by atoms with Gasteiger partial charge in [0.15, 0.2) is 0 Å². The second-order valence-electron chi connectivity index (χ2n) is 6.40. The van der Waals surface area contributed by atoms with E-state index >= 15 is 0 Å². The Morgan fingerprint density at radius 2 is 2.24 bits per heavy atom. The van der Waals surface area contributed by atoms with Crippen LogP contribution in [-0.2, 0) is 6.54 Å². The van der Waals surface area contributed by atoms with E-state index in [9.17, 15) is 0 Å². The molecule has 3 rings (SSSR count). The van der Waals surface area contributed by atoms with Crippen LogP contribution in [0.25, 0.3) is 11.0 Å². The first kappa shape index (κ1) is 14.2. The molecule has 0 bridgehead atoms. The van der Waals surface area contributed by atoms with Gasteiger partial charge in [-0.25, -0.2) is 4.98 Å². The third kappa shape index (κ3) is 2.99. The van der Waals surface area contributed by atoms with Gasteiger partial charge in [0.25, 0.3) is 0 Å². The highest BCUT2D eigenvalue weighted by Crippen LogP contribution is 2.32. The molecule has 2 unspecified atom stereocenters. The van der Waals surface area contributed by atoms with E-state index in [0.717, 1.165) is 35.2 Å². The molecule has 1 aromatic heterocycles. The number of nitrogens with zero attached hydrogens (tertiary/aromatic N) is 2. The molecule has 0 amide bonds. The highest BCUT2D eigenvalue weighted by atomic mass is 16.5. The summed E-state index contributed by atoms with van der Waals surface area (Å²) in [6, 6.07) is 5.94. The molecule has 21 heavy (non-hydrogen) atoms. The molecule has 2 N–H and O–H groups in total. The number of nitrogens with two attached hydrogens (primary N) is 1. The molecule has 4 heteroatoms. The highest BCUT2D eigenvalue weighted by molar-refractivity contribution is 5.79. The van der Waals surface area contributed by atoms with Gasteiger partial charge < -0.3 is 15.0 Å². The largest absolute Gasteiger partial charge is 0.497 e. The number of nitrogen functional groups attached to an aromatic ring is 1. The van der Waals surface area contributed by atoms with Crippen molar-refractivity contribution in [2.24, 2.45) is 11.8 Å². The van der Waals surface area contributed by atoms with Crippen molar-refractivity contribution >= 4 is 17.0 Å². The summed E-state index contributed by atoms with van der Waals surface area (Å²) in [6.45, 7) is 3.32. The van der Waals surface area contributed by atoms with Crippen LogP contribution in [0, 0.1) is 11.8 Å². The van der Waals surface area contributed by atoms with Crippen LogP contribution in [0.2, 0.25) is 0 Å². The van der Waals surface area contributed by atoms with E-state index in [1.807, 2.05) is 18.2 Å². The maximum atomic E-state index is 6.10. The van der Waals surface area contributed by atoms with Crippen LogP contribution in [0.1, 0.15) is 39.0 Å². The molecule has 0 aliphatic heterocycles. The van der Waals surface area contributed by atoms with Crippen LogP contribution in [0.4, 0.5) is 5.95 Å². The van der Waals surface area contributed by atoms with E-state index in [-0.39, 0.29) is 0 Å². The number of aromatic nitrogens is 2. The molecule has 4 nitrogen and oxygen atoms in total. The van der Waals surface area contributed by atoms with Crippen LogP contribution in [0.5, 0.6) is 5.75 Å². The fourth-order valence-corrected chi connectivity index (χ4v) is 3.62. The number of hydrogen-bond donors (Lipinski definition) is 1. The molecule has 114 valence electrons. The third-order valence-corrected chi connectivity index (χ3v) is 4.79. The summed E-state index contributed by atoms with van der Waals surface area (Å²) in [6.07, 6.45) is 6.68. The number of rotatable bonds is 4. The van der Waals surface area contributed by atoms with E-state index in [0.29, 0.717) is 5.95 Å². The van der Waals surface area contributed by atoms with E-state index in [1.54, 1.807) is 7.11 Å². The average Bonchev–Trinajstić information content (AvgIpc) is 2.79. The minimum Gasteiger partial charge on any atom is -0.497 e. The summed E-state index contributed by atoms with van der Waals surface area (Å²) >= 11 is 0. The van der Waals surface area contributed by atoms with Gasteiger partial charge in [0, 0.05) is 12.6 Å². The highest BCUT2D eigenvalue weighted by Gasteiger charge is 2.19. The maximum Gasteiger partial charge on any atom is 0.201 e. The zero-order chi connectivity index (χ0) is 14.8. The molecular formula is C17H25N3O. The molecule has 1 aliphatic carbocycles. The van der Waals surface area contributed by atoms with Gasteiger partial charge in [-0.3, -0.25) is 0 Å². The van der Waals surface area contributed by atoms with E-state index in [4.69, 9.17) is 10.5 Å². The van der Waals surface area contributed by atoms with Gasteiger partial charge >= 0.3 is 0 Å². The summed E-state index contributed by atoms with van der Waals surface area (Å²) in [5.74, 6) is 3.17. The van der Waals surface area contributed by atoms with Crippen LogP contribution < -0.4 is 10.5 Å². The molecule has 1 heterocycles. The summed E-state index contributed by atoms with van der Waals surface area (Å²) in [7, 11) is 1.69. The second-order valence-corrected chi connectivity index (χ2v) is 6.40. The number of ether oxygens (including phenoxy) is 1. The first-order valence-electron chi connectivity index (χ1n) is 7.97. The minimum absolute atomic E-state index is 0.613. The standard InChI is InChI=1S/C17H25N3O/c1-12-4-3-5-13(10-12)8-9-20-16-11-14(21-2)6-7-15(16)19-17(20)18/h6-7,11-13H,3-5,8-10H2,1-2H3,(H2,18,19). The summed E-state index contributed by atoms with van der Waals surface area (Å²) in [5.41, 5.74) is 8.13. The van der Waals surface area contributed by atoms with Crippen LogP contribution in [0.15, 0.2) is 18.2 Å². The molecule has 1 aromatic carbocycles. The number of methoxy groups -OCH3 is 1. The SMILES string of the molecule is COc1ccc2nc(N)n(CCC3CCCC(C)C3)c2c1. The predicted octanol–water partition coefficient (Wildman–Crippen LogP) is 3.84. The van der Waals surface area contributed by atoms with E-state index in [1.165, 1.54) is 32.1 Å². The molecular weight excluding hydrogens is 262 g/mol. The first-order valence-corrected chi connectivity index (χ1v) is 7.97. The minimum atomic E-state index is 0.613. The van der Waals surface area contributed by atoms with Crippen LogP contribution in [0.3, 0.4) is 0 Å². The zero-order valence-corrected chi connectivity index (χ0v) is 13.0. The lowest BCUT2D eigenvalue weighted by atomic mass is 9.81. The Balaban J connectivity index is 1.78. The van der Waals surface area contributed by atoms with E-state index < -0.39 is 0 Å². The van der Waals surface area contributed by atoms with Crippen molar-refractivity contribution in [1.82, 2.24) is 9.55 Å². The summed E-state index contributed by atoms with van der Waals surface area (Å²) in [4.78, 5) is 4.45. The van der Waals surface area contributed by atoms with Gasteiger partial charge in [-0.1, -0.05) is 26.2 Å². The summed E-state index contributed by atoms with van der Waals surface area (Å²) in [5, 5.41) is 0. The van der Waals surface area contributed by atoms with Gasteiger partial charge in [-0.15, -0.1) is 0 Å². The Bertz CT molecular complexity index is 620. The Kier molecular flexibility index (Phi) is 4.04. The Morgan fingerprint density at radius 3 is 3.00 bits per heavy atom. The van der Waals surface area contributed by atoms with Crippen molar-refractivity contribution in [1.29, 1.82) is 0 Å². The fourth-order valence-electron chi connectivity index (χ4n) is 3.62. The van der Waals surface area contributed by atoms with Gasteiger partial charge in [0.1, 0.15) is 5.75 Å². The fraction of sp³-hybridized carbons (Fsp3) is 0.588. The lowest BCUT2D eigenvalue weighted by Gasteiger charge is -2.26. The molecule has 1 aliphatic rings. The number of aryl methyl sites for hydroxylation is 1. The lowest BCUT2D eigenvalue weighted by Crippen LogP contribution is -2.16. The van der Waals surface area contributed by atoms with Gasteiger partial charge in [0.2, 0.25) is 5.95 Å². The molecule has 2 aromatic rings. The number of anilines is 1. The predicted molar refractivity (Wildman–Crippen MR) is 86.4 cm³/mol. The molecule has 0 spiro atoms. The van der Waals surface area contributed by atoms with Crippen molar-refractivity contribution in [3.8, 4) is 5.75 Å². The van der Waals surface area contributed by atoms with Gasteiger partial charge in [-0.05, 0) is 36.8 Å². The van der Waals surface area contributed by atoms with Crippen molar-refractivity contribution in [3.05, 3.63) is 18.2 Å². The van der Waals surface area contributed by atoms with E-state index in [2.05, 4.69) is 16.5 Å². The number of hydrogen-bond acceptors (Lipinski definition) is 3. The maximum absolute atomic E-state index is 6.10. The van der Waals surface area contributed by atoms with Gasteiger partial charge in [0.05, 0.1) is 18.1 Å². The number of benzene rings is 1. The molecule has 1 saturated carbocycles. The number of fused-ring (bicyclic) bond motifs is 1. The number of imidazole rings is 1. The molecule has 0 radical (unpaired) electrons. The molecule has 2 atom stereocenters. The zero-order valence-electron chi connectivity index (χ0n) is 13.0. The monoisotopic (exact) mass is 287 g/mol. The van der Waals surface area contributed by atoms with Crippen LogP contribution >= 0.6 is 0 Å². The Morgan fingerprint density at radius 1 is 1.38 bits per heavy atom. The third-order valence-electron chi connectivity index (χ3n) is 4.79. The first-order chi connectivity index (χ1) is 10.2. The quantitative estimate of drug-likeness (QED) is 0.929. The van der Waals surface area contributed by atoms with Crippen molar-refractivity contribution in [2.45, 2.75) is 45.6 Å². The topological polar surface area (TPSA) is 53.1 Å². The Labute approximate surface area is 126 Å².